The van der Waals surface area contributed by atoms with Crippen molar-refractivity contribution in [2.24, 2.45) is 5.92 Å². The molecule has 0 bridgehead atoms. The molecule has 0 radical (unpaired) electrons. The van der Waals surface area contributed by atoms with E-state index in [1.165, 1.54) is 37.1 Å². The summed E-state index contributed by atoms with van der Waals surface area (Å²) in [5.41, 5.74) is 0.149. The number of carbonyl (C=O) groups excluding carboxylic acids is 3. The molecular weight excluding hydrogens is 467 g/mol. The minimum atomic E-state index is -3.16. The van der Waals surface area contributed by atoms with Gasteiger partial charge in [0.1, 0.15) is 6.04 Å². The van der Waals surface area contributed by atoms with Crippen LogP contribution in [0.2, 0.25) is 10.0 Å². The summed E-state index contributed by atoms with van der Waals surface area (Å²) in [5, 5.41) is 3.09. The van der Waals surface area contributed by atoms with Crippen LogP contribution in [0, 0.1) is 5.92 Å². The number of rotatable bonds is 7. The highest BCUT2D eigenvalue weighted by Gasteiger charge is 2.36. The SMILES string of the molecule is CC(OC(=O)C(NC(=O)c1ccc(Cl)cc1Cl)C(C)C)C(=O)N(C)C1CCS(=O)(=O)C1. The van der Waals surface area contributed by atoms with Crippen molar-refractivity contribution in [3.05, 3.63) is 33.8 Å². The van der Waals surface area contributed by atoms with Crippen molar-refractivity contribution < 1.29 is 27.5 Å². The van der Waals surface area contributed by atoms with E-state index >= 15 is 0 Å². The fourth-order valence-corrected chi connectivity index (χ4v) is 5.50. The smallest absolute Gasteiger partial charge is 0.329 e. The molecule has 1 aliphatic rings. The molecule has 8 nitrogen and oxygen atoms in total. The van der Waals surface area contributed by atoms with Crippen molar-refractivity contribution in [2.75, 3.05) is 18.6 Å². The van der Waals surface area contributed by atoms with Crippen LogP contribution in [0.5, 0.6) is 0 Å². The predicted molar refractivity (Wildman–Crippen MR) is 118 cm³/mol. The first-order valence-electron chi connectivity index (χ1n) is 9.76. The van der Waals surface area contributed by atoms with Crippen molar-refractivity contribution in [1.29, 1.82) is 0 Å². The molecule has 31 heavy (non-hydrogen) atoms. The Morgan fingerprint density at radius 2 is 1.84 bits per heavy atom. The second-order valence-corrected chi connectivity index (χ2v) is 11.0. The van der Waals surface area contributed by atoms with E-state index in [1.54, 1.807) is 13.8 Å². The lowest BCUT2D eigenvalue weighted by Gasteiger charge is -2.28. The maximum atomic E-state index is 12.7. The molecule has 0 spiro atoms. The summed E-state index contributed by atoms with van der Waals surface area (Å²) < 4.78 is 28.6. The topological polar surface area (TPSA) is 110 Å². The lowest BCUT2D eigenvalue weighted by molar-refractivity contribution is -0.161. The highest BCUT2D eigenvalue weighted by Crippen LogP contribution is 2.22. The predicted octanol–water partition coefficient (Wildman–Crippen LogP) is 2.33. The zero-order valence-corrected chi connectivity index (χ0v) is 20.1. The fraction of sp³-hybridized carbons (Fsp3) is 0.550. The van der Waals surface area contributed by atoms with Gasteiger partial charge in [-0.05, 0) is 37.5 Å². The van der Waals surface area contributed by atoms with Gasteiger partial charge in [-0.1, -0.05) is 37.0 Å². The van der Waals surface area contributed by atoms with E-state index in [2.05, 4.69) is 5.32 Å². The fourth-order valence-electron chi connectivity index (χ4n) is 3.24. The Kier molecular flexibility index (Phi) is 8.35. The van der Waals surface area contributed by atoms with Gasteiger partial charge in [0.15, 0.2) is 15.9 Å². The summed E-state index contributed by atoms with van der Waals surface area (Å²) >= 11 is 11.9. The van der Waals surface area contributed by atoms with E-state index in [0.717, 1.165) is 0 Å². The summed E-state index contributed by atoms with van der Waals surface area (Å²) in [5.74, 6) is -2.28. The van der Waals surface area contributed by atoms with Crippen LogP contribution >= 0.6 is 23.2 Å². The second-order valence-electron chi connectivity index (χ2n) is 7.90. The molecule has 1 aromatic carbocycles. The molecule has 3 atom stereocenters. The molecule has 0 aliphatic carbocycles. The third kappa shape index (κ3) is 6.57. The van der Waals surface area contributed by atoms with Gasteiger partial charge in [-0.3, -0.25) is 9.59 Å². The molecule has 3 unspecified atom stereocenters. The normalized spacial score (nSPS) is 19.5. The van der Waals surface area contributed by atoms with E-state index in [-0.39, 0.29) is 28.0 Å². The Labute approximate surface area is 192 Å². The molecule has 11 heteroatoms. The van der Waals surface area contributed by atoms with Crippen LogP contribution in [0.4, 0.5) is 0 Å². The lowest BCUT2D eigenvalue weighted by atomic mass is 10.0. The third-order valence-electron chi connectivity index (χ3n) is 5.13. The van der Waals surface area contributed by atoms with Crippen LogP contribution in [0.3, 0.4) is 0 Å². The summed E-state index contributed by atoms with van der Waals surface area (Å²) in [7, 11) is -1.67. The number of nitrogens with zero attached hydrogens (tertiary/aromatic N) is 1. The monoisotopic (exact) mass is 492 g/mol. The standard InChI is InChI=1S/C20H26Cl2N2O6S/c1-11(2)17(23-18(25)15-6-5-13(21)9-16(15)22)20(27)30-12(3)19(26)24(4)14-7-8-31(28,29)10-14/h5-6,9,11-12,14,17H,7-8,10H2,1-4H3,(H,23,25). The molecule has 1 aliphatic heterocycles. The average molecular weight is 493 g/mol. The number of esters is 1. The largest absolute Gasteiger partial charge is 0.451 e. The molecule has 1 aromatic rings. The van der Waals surface area contributed by atoms with Gasteiger partial charge >= 0.3 is 5.97 Å². The van der Waals surface area contributed by atoms with E-state index < -0.39 is 45.8 Å². The zero-order chi connectivity index (χ0) is 23.5. The highest BCUT2D eigenvalue weighted by atomic mass is 35.5. The van der Waals surface area contributed by atoms with Crippen LogP contribution in [0.1, 0.15) is 37.6 Å². The molecule has 1 fully saturated rings. The van der Waals surface area contributed by atoms with Crippen LogP contribution in [-0.4, -0.2) is 67.8 Å². The van der Waals surface area contributed by atoms with Crippen molar-refractivity contribution in [3.63, 3.8) is 0 Å². The van der Waals surface area contributed by atoms with Gasteiger partial charge in [-0.15, -0.1) is 0 Å². The first-order chi connectivity index (χ1) is 14.3. The number of benzene rings is 1. The van der Waals surface area contributed by atoms with Gasteiger partial charge in [-0.2, -0.15) is 0 Å². The summed E-state index contributed by atoms with van der Waals surface area (Å²) in [6.07, 6.45) is -0.796. The molecule has 2 rings (SSSR count). The number of ether oxygens (including phenoxy) is 1. The Bertz CT molecular complexity index is 966. The third-order valence-corrected chi connectivity index (χ3v) is 7.43. The molecule has 0 saturated carbocycles. The molecule has 172 valence electrons. The number of amides is 2. The van der Waals surface area contributed by atoms with Gasteiger partial charge in [0.2, 0.25) is 0 Å². The van der Waals surface area contributed by atoms with Crippen LogP contribution in [0.15, 0.2) is 18.2 Å². The van der Waals surface area contributed by atoms with Gasteiger partial charge in [0.25, 0.3) is 11.8 Å². The van der Waals surface area contributed by atoms with E-state index in [1.807, 2.05) is 0 Å². The molecular formula is C20H26Cl2N2O6S. The highest BCUT2D eigenvalue weighted by molar-refractivity contribution is 7.91. The number of halogens is 2. The van der Waals surface area contributed by atoms with Crippen molar-refractivity contribution in [2.45, 2.75) is 45.4 Å². The molecule has 1 N–H and O–H groups in total. The van der Waals surface area contributed by atoms with Crippen molar-refractivity contribution >= 4 is 50.8 Å². The van der Waals surface area contributed by atoms with Crippen molar-refractivity contribution in [1.82, 2.24) is 10.2 Å². The van der Waals surface area contributed by atoms with Gasteiger partial charge in [0, 0.05) is 18.1 Å². The Balaban J connectivity index is 2.04. The Hall–Kier alpha value is -1.84. The lowest BCUT2D eigenvalue weighted by Crippen LogP contribution is -2.49. The first-order valence-corrected chi connectivity index (χ1v) is 12.3. The maximum Gasteiger partial charge on any atom is 0.329 e. The molecule has 2 amide bonds. The first kappa shape index (κ1) is 25.4. The Morgan fingerprint density at radius 1 is 1.19 bits per heavy atom. The molecule has 1 saturated heterocycles. The minimum Gasteiger partial charge on any atom is -0.451 e. The van der Waals surface area contributed by atoms with Gasteiger partial charge < -0.3 is 15.0 Å². The van der Waals surface area contributed by atoms with E-state index in [0.29, 0.717) is 11.4 Å². The number of hydrogen-bond donors (Lipinski definition) is 1. The quantitative estimate of drug-likeness (QED) is 0.584. The number of likely N-dealkylation sites (N-methyl/N-ethyl adjacent to an activating group) is 1. The average Bonchev–Trinajstić information content (AvgIpc) is 3.03. The van der Waals surface area contributed by atoms with Crippen LogP contribution in [-0.2, 0) is 24.2 Å². The number of sulfone groups is 1. The molecule has 0 aromatic heterocycles. The number of nitrogens with one attached hydrogen (secondary N) is 1. The zero-order valence-electron chi connectivity index (χ0n) is 17.7. The Morgan fingerprint density at radius 3 is 2.35 bits per heavy atom. The van der Waals surface area contributed by atoms with Gasteiger partial charge in [0.05, 0.1) is 22.1 Å². The van der Waals surface area contributed by atoms with Crippen LogP contribution in [0.25, 0.3) is 0 Å². The number of hydrogen-bond acceptors (Lipinski definition) is 6. The second kappa shape index (κ2) is 10.2. The maximum absolute atomic E-state index is 12.7. The van der Waals surface area contributed by atoms with Crippen molar-refractivity contribution in [3.8, 4) is 0 Å². The van der Waals surface area contributed by atoms with E-state index in [4.69, 9.17) is 27.9 Å². The molecule has 1 heterocycles. The summed E-state index contributed by atoms with van der Waals surface area (Å²) in [6.45, 7) is 4.85. The van der Waals surface area contributed by atoms with Crippen LogP contribution < -0.4 is 5.32 Å². The number of carbonyl (C=O) groups is 3. The summed E-state index contributed by atoms with van der Waals surface area (Å²) in [4.78, 5) is 39.2. The van der Waals surface area contributed by atoms with Gasteiger partial charge in [-0.25, -0.2) is 13.2 Å². The summed E-state index contributed by atoms with van der Waals surface area (Å²) in [6, 6.07) is 2.89. The van der Waals surface area contributed by atoms with E-state index in [9.17, 15) is 22.8 Å². The minimum absolute atomic E-state index is 0.0260.